The molecule has 0 N–H and O–H groups in total. The van der Waals surface area contributed by atoms with Gasteiger partial charge >= 0.3 is 9.28 Å². The molecule has 14 heavy (non-hydrogen) atoms. The van der Waals surface area contributed by atoms with Gasteiger partial charge in [0.15, 0.2) is 0 Å². The largest absolute Gasteiger partial charge is 0.399 e. The van der Waals surface area contributed by atoms with E-state index in [0.29, 0.717) is 5.54 Å². The van der Waals surface area contributed by atoms with Crippen molar-refractivity contribution < 1.29 is 8.85 Å². The van der Waals surface area contributed by atoms with Gasteiger partial charge in [-0.15, -0.1) is 0 Å². The van der Waals surface area contributed by atoms with Crippen LogP contribution in [0.1, 0.15) is 26.2 Å². The van der Waals surface area contributed by atoms with E-state index in [0.717, 1.165) is 0 Å². The van der Waals surface area contributed by atoms with Gasteiger partial charge in [0.25, 0.3) is 0 Å². The van der Waals surface area contributed by atoms with Crippen molar-refractivity contribution in [2.75, 3.05) is 14.2 Å². The Morgan fingerprint density at radius 1 is 1.36 bits per heavy atom. The molecule has 0 aromatic rings. The van der Waals surface area contributed by atoms with Gasteiger partial charge in [-0.25, -0.2) is 0 Å². The highest BCUT2D eigenvalue weighted by Gasteiger charge is 2.22. The van der Waals surface area contributed by atoms with Crippen molar-refractivity contribution in [3.05, 3.63) is 23.8 Å². The van der Waals surface area contributed by atoms with Gasteiger partial charge in [0.1, 0.15) is 0 Å². The number of hydrogen-bond acceptors (Lipinski definition) is 2. The second-order valence-corrected chi connectivity index (χ2v) is 6.07. The molecule has 1 aliphatic carbocycles. The van der Waals surface area contributed by atoms with Crippen LogP contribution in [0.25, 0.3) is 0 Å². The van der Waals surface area contributed by atoms with Gasteiger partial charge in [0.2, 0.25) is 0 Å². The van der Waals surface area contributed by atoms with E-state index in [2.05, 4.69) is 25.2 Å². The molecule has 3 heteroatoms. The van der Waals surface area contributed by atoms with Crippen molar-refractivity contribution in [2.45, 2.75) is 31.7 Å². The van der Waals surface area contributed by atoms with E-state index in [4.69, 9.17) is 8.85 Å². The molecule has 0 saturated carbocycles. The van der Waals surface area contributed by atoms with Crippen molar-refractivity contribution in [1.29, 1.82) is 0 Å². The van der Waals surface area contributed by atoms with Gasteiger partial charge in [0.05, 0.1) is 0 Å². The molecule has 0 spiro atoms. The average molecular weight is 212 g/mol. The summed E-state index contributed by atoms with van der Waals surface area (Å²) in [6, 6.07) is 0. The van der Waals surface area contributed by atoms with Gasteiger partial charge in [-0.2, -0.15) is 0 Å². The van der Waals surface area contributed by atoms with Crippen LogP contribution in [0, 0.1) is 0 Å². The second kappa shape index (κ2) is 6.17. The van der Waals surface area contributed by atoms with Crippen LogP contribution in [0.3, 0.4) is 0 Å². The molecular weight excluding hydrogens is 192 g/mol. The summed E-state index contributed by atoms with van der Waals surface area (Å²) in [5.41, 5.74) is 1.88. The van der Waals surface area contributed by atoms with Crippen LogP contribution in [-0.4, -0.2) is 23.5 Å². The van der Waals surface area contributed by atoms with Gasteiger partial charge < -0.3 is 8.85 Å². The predicted molar refractivity (Wildman–Crippen MR) is 61.7 cm³/mol. The molecule has 0 aliphatic heterocycles. The van der Waals surface area contributed by atoms with E-state index < -0.39 is 9.28 Å². The summed E-state index contributed by atoms with van der Waals surface area (Å²) in [6.07, 6.45) is 10.5. The minimum absolute atomic E-state index is 0.428. The molecule has 0 aromatic carbocycles. The van der Waals surface area contributed by atoms with Gasteiger partial charge in [0, 0.05) is 19.8 Å². The van der Waals surface area contributed by atoms with E-state index in [1.54, 1.807) is 14.2 Å². The second-order valence-electron chi connectivity index (χ2n) is 3.62. The highest BCUT2D eigenvalue weighted by Crippen LogP contribution is 2.27. The lowest BCUT2D eigenvalue weighted by atomic mass is 10.1. The summed E-state index contributed by atoms with van der Waals surface area (Å²) in [5.74, 6) is 0. The molecule has 80 valence electrons. The zero-order valence-electron chi connectivity index (χ0n) is 9.32. The summed E-state index contributed by atoms with van der Waals surface area (Å²) in [5, 5.41) is 0. The van der Waals surface area contributed by atoms with E-state index >= 15 is 0 Å². The fourth-order valence-corrected chi connectivity index (χ4v) is 3.24. The third-order valence-electron chi connectivity index (χ3n) is 2.54. The molecular formula is C11H20O2Si. The number of allylic oxidation sites excluding steroid dienone is 4. The maximum atomic E-state index is 5.36. The molecule has 0 saturated heterocycles. The Balaban J connectivity index is 2.45. The minimum atomic E-state index is -1.48. The van der Waals surface area contributed by atoms with Gasteiger partial charge in [-0.05, 0) is 12.8 Å². The first-order valence-corrected chi connectivity index (χ1v) is 6.87. The summed E-state index contributed by atoms with van der Waals surface area (Å²) in [7, 11) is 2.00. The summed E-state index contributed by atoms with van der Waals surface area (Å²) >= 11 is 0. The van der Waals surface area contributed by atoms with Crippen molar-refractivity contribution in [3.63, 3.8) is 0 Å². The van der Waals surface area contributed by atoms with Crippen LogP contribution in [0.5, 0.6) is 0 Å². The van der Waals surface area contributed by atoms with Gasteiger partial charge in [-0.3, -0.25) is 0 Å². The SMILES string of the molecule is CCCCC1=CC([SiH](OC)OC)C=C1. The number of rotatable bonds is 6. The molecule has 1 rings (SSSR count). The first-order valence-electron chi connectivity index (χ1n) is 5.26. The van der Waals surface area contributed by atoms with E-state index in [1.807, 2.05) is 0 Å². The third-order valence-corrected chi connectivity index (χ3v) is 4.51. The predicted octanol–water partition coefficient (Wildman–Crippen LogP) is 2.56. The molecule has 0 aromatic heterocycles. The lowest BCUT2D eigenvalue weighted by Gasteiger charge is -2.14. The molecule has 0 radical (unpaired) electrons. The van der Waals surface area contributed by atoms with Crippen LogP contribution >= 0.6 is 0 Å². The standard InChI is InChI=1S/C11H20O2Si/c1-4-5-6-10-7-8-11(9-10)14(12-2)13-3/h7-9,11,14H,4-6H2,1-3H3. The summed E-state index contributed by atoms with van der Waals surface area (Å²) in [6.45, 7) is 2.22. The smallest absolute Gasteiger partial charge is 0.331 e. The summed E-state index contributed by atoms with van der Waals surface area (Å²) in [4.78, 5) is 0. The molecule has 0 heterocycles. The lowest BCUT2D eigenvalue weighted by molar-refractivity contribution is 0.275. The normalized spacial score (nSPS) is 20.6. The average Bonchev–Trinajstić information content (AvgIpc) is 2.65. The van der Waals surface area contributed by atoms with Gasteiger partial charge in [-0.1, -0.05) is 37.1 Å². The molecule has 0 fully saturated rings. The monoisotopic (exact) mass is 212 g/mol. The first kappa shape index (κ1) is 11.7. The Morgan fingerprint density at radius 3 is 2.64 bits per heavy atom. The quantitative estimate of drug-likeness (QED) is 0.630. The van der Waals surface area contributed by atoms with Crippen molar-refractivity contribution in [3.8, 4) is 0 Å². The van der Waals surface area contributed by atoms with Crippen molar-refractivity contribution >= 4 is 9.28 Å². The molecule has 2 nitrogen and oxygen atoms in total. The highest BCUT2D eigenvalue weighted by molar-refractivity contribution is 6.48. The molecule has 1 unspecified atom stereocenters. The topological polar surface area (TPSA) is 18.5 Å². The molecule has 0 bridgehead atoms. The molecule has 1 atom stereocenters. The zero-order valence-corrected chi connectivity index (χ0v) is 10.5. The van der Waals surface area contributed by atoms with Crippen molar-refractivity contribution in [1.82, 2.24) is 0 Å². The van der Waals surface area contributed by atoms with Crippen LogP contribution in [-0.2, 0) is 8.85 Å². The lowest BCUT2D eigenvalue weighted by Crippen LogP contribution is -2.23. The van der Waals surface area contributed by atoms with Crippen LogP contribution in [0.2, 0.25) is 5.54 Å². The number of hydrogen-bond donors (Lipinski definition) is 0. The maximum absolute atomic E-state index is 5.36. The Morgan fingerprint density at radius 2 is 2.07 bits per heavy atom. The summed E-state index contributed by atoms with van der Waals surface area (Å²) < 4.78 is 10.7. The third kappa shape index (κ3) is 3.08. The number of unbranched alkanes of at least 4 members (excludes halogenated alkanes) is 1. The fraction of sp³-hybridized carbons (Fsp3) is 0.636. The Hall–Kier alpha value is -0.383. The van der Waals surface area contributed by atoms with Crippen LogP contribution in [0.15, 0.2) is 23.8 Å². The molecule has 1 aliphatic rings. The highest BCUT2D eigenvalue weighted by atomic mass is 28.3. The zero-order chi connectivity index (χ0) is 10.4. The minimum Gasteiger partial charge on any atom is -0.399 e. The Bertz CT molecular complexity index is 219. The van der Waals surface area contributed by atoms with E-state index in [9.17, 15) is 0 Å². The fourth-order valence-electron chi connectivity index (χ4n) is 1.72. The van der Waals surface area contributed by atoms with E-state index in [-0.39, 0.29) is 0 Å². The van der Waals surface area contributed by atoms with Crippen LogP contribution in [0.4, 0.5) is 0 Å². The molecule has 0 amide bonds. The van der Waals surface area contributed by atoms with Crippen molar-refractivity contribution in [2.24, 2.45) is 0 Å². The maximum Gasteiger partial charge on any atom is 0.331 e. The first-order chi connectivity index (χ1) is 6.81. The Labute approximate surface area is 88.5 Å². The van der Waals surface area contributed by atoms with Crippen LogP contribution < -0.4 is 0 Å². The Kier molecular flexibility index (Phi) is 5.15. The van der Waals surface area contributed by atoms with E-state index in [1.165, 1.54) is 24.8 Å².